The summed E-state index contributed by atoms with van der Waals surface area (Å²) in [6.45, 7) is 1.79. The van der Waals surface area contributed by atoms with E-state index in [1.165, 1.54) is 0 Å². The zero-order chi connectivity index (χ0) is 17.5. The van der Waals surface area contributed by atoms with Crippen molar-refractivity contribution < 1.29 is 0 Å². The SMILES string of the molecule is Nc1ccc2c(N3CCCC(c4nnc5ccccn45)C3)ncnc2n1. The van der Waals surface area contributed by atoms with Crippen molar-refractivity contribution in [2.45, 2.75) is 18.8 Å². The van der Waals surface area contributed by atoms with Crippen molar-refractivity contribution in [1.29, 1.82) is 0 Å². The lowest BCUT2D eigenvalue weighted by Crippen LogP contribution is -2.35. The summed E-state index contributed by atoms with van der Waals surface area (Å²) in [6, 6.07) is 9.71. The van der Waals surface area contributed by atoms with Crippen molar-refractivity contribution in [3.8, 4) is 0 Å². The molecule has 1 aliphatic rings. The van der Waals surface area contributed by atoms with Gasteiger partial charge in [-0.1, -0.05) is 6.07 Å². The second kappa shape index (κ2) is 5.91. The van der Waals surface area contributed by atoms with E-state index in [1.54, 1.807) is 12.4 Å². The Morgan fingerprint density at radius 1 is 1.08 bits per heavy atom. The van der Waals surface area contributed by atoms with Crippen LogP contribution in [0.5, 0.6) is 0 Å². The lowest BCUT2D eigenvalue weighted by Gasteiger charge is -2.33. The molecule has 5 heterocycles. The van der Waals surface area contributed by atoms with E-state index >= 15 is 0 Å². The number of hydrogen-bond acceptors (Lipinski definition) is 7. The van der Waals surface area contributed by atoms with Crippen molar-refractivity contribution in [1.82, 2.24) is 29.5 Å². The second-order valence-electron chi connectivity index (χ2n) is 6.58. The van der Waals surface area contributed by atoms with E-state index < -0.39 is 0 Å². The molecular formula is C18H18N8. The van der Waals surface area contributed by atoms with Crippen LogP contribution in [0.15, 0.2) is 42.9 Å². The van der Waals surface area contributed by atoms with Gasteiger partial charge in [-0.3, -0.25) is 4.40 Å². The molecule has 0 spiro atoms. The summed E-state index contributed by atoms with van der Waals surface area (Å²) in [4.78, 5) is 15.4. The fourth-order valence-electron chi connectivity index (χ4n) is 3.71. The van der Waals surface area contributed by atoms with Gasteiger partial charge in [0.15, 0.2) is 11.3 Å². The van der Waals surface area contributed by atoms with Crippen molar-refractivity contribution in [3.05, 3.63) is 48.7 Å². The molecule has 4 aromatic heterocycles. The zero-order valence-electron chi connectivity index (χ0n) is 14.2. The number of fused-ring (bicyclic) bond motifs is 2. The maximum absolute atomic E-state index is 5.79. The van der Waals surface area contributed by atoms with E-state index in [2.05, 4.69) is 34.4 Å². The molecule has 8 heteroatoms. The quantitative estimate of drug-likeness (QED) is 0.593. The highest BCUT2D eigenvalue weighted by Gasteiger charge is 2.27. The highest BCUT2D eigenvalue weighted by molar-refractivity contribution is 5.87. The number of nitrogens with two attached hydrogens (primary N) is 1. The van der Waals surface area contributed by atoms with Gasteiger partial charge in [-0.25, -0.2) is 15.0 Å². The molecule has 130 valence electrons. The standard InChI is InChI=1S/C18H18N8/c19-14-7-6-13-16(22-14)20-11-21-18(13)25-8-3-4-12(10-25)17-24-23-15-5-1-2-9-26(15)17/h1-2,5-7,9,11-12H,3-4,8,10H2,(H2,19,20,21,22). The molecule has 1 fully saturated rings. The van der Waals surface area contributed by atoms with E-state index in [0.29, 0.717) is 17.4 Å². The van der Waals surface area contributed by atoms with E-state index in [9.17, 15) is 0 Å². The van der Waals surface area contributed by atoms with Gasteiger partial charge in [0.1, 0.15) is 23.8 Å². The number of rotatable bonds is 2. The first-order valence-corrected chi connectivity index (χ1v) is 8.71. The first kappa shape index (κ1) is 15.0. The Kier molecular flexibility index (Phi) is 3.41. The third-order valence-electron chi connectivity index (χ3n) is 4.92. The van der Waals surface area contributed by atoms with Crippen LogP contribution < -0.4 is 10.6 Å². The number of hydrogen-bond donors (Lipinski definition) is 1. The van der Waals surface area contributed by atoms with Gasteiger partial charge < -0.3 is 10.6 Å². The highest BCUT2D eigenvalue weighted by atomic mass is 15.3. The molecule has 26 heavy (non-hydrogen) atoms. The second-order valence-corrected chi connectivity index (χ2v) is 6.58. The minimum atomic E-state index is 0.299. The molecule has 8 nitrogen and oxygen atoms in total. The Morgan fingerprint density at radius 3 is 3.00 bits per heavy atom. The third kappa shape index (κ3) is 2.42. The summed E-state index contributed by atoms with van der Waals surface area (Å²) < 4.78 is 2.08. The number of piperidine rings is 1. The summed E-state index contributed by atoms with van der Waals surface area (Å²) in [5.74, 6) is 2.67. The Labute approximate surface area is 149 Å². The van der Waals surface area contributed by atoms with Crippen LogP contribution in [-0.4, -0.2) is 42.6 Å². The molecular weight excluding hydrogens is 328 g/mol. The molecule has 5 rings (SSSR count). The van der Waals surface area contributed by atoms with Gasteiger partial charge in [0.2, 0.25) is 0 Å². The molecule has 0 amide bonds. The Morgan fingerprint density at radius 2 is 2.04 bits per heavy atom. The predicted molar refractivity (Wildman–Crippen MR) is 98.9 cm³/mol. The number of nitrogen functional groups attached to an aromatic ring is 1. The van der Waals surface area contributed by atoms with Gasteiger partial charge in [-0.15, -0.1) is 10.2 Å². The van der Waals surface area contributed by atoms with Crippen molar-refractivity contribution in [2.75, 3.05) is 23.7 Å². The zero-order valence-corrected chi connectivity index (χ0v) is 14.2. The number of pyridine rings is 2. The van der Waals surface area contributed by atoms with Crippen molar-refractivity contribution in [2.24, 2.45) is 0 Å². The van der Waals surface area contributed by atoms with Crippen LogP contribution in [0.3, 0.4) is 0 Å². The molecule has 1 atom stereocenters. The van der Waals surface area contributed by atoms with E-state index in [1.807, 2.05) is 30.5 Å². The van der Waals surface area contributed by atoms with E-state index in [4.69, 9.17) is 5.73 Å². The van der Waals surface area contributed by atoms with Crippen LogP contribution in [0.25, 0.3) is 16.7 Å². The van der Waals surface area contributed by atoms with Crippen LogP contribution in [0.4, 0.5) is 11.6 Å². The summed E-state index contributed by atoms with van der Waals surface area (Å²) in [7, 11) is 0. The predicted octanol–water partition coefficient (Wildman–Crippen LogP) is 2.03. The largest absolute Gasteiger partial charge is 0.384 e. The van der Waals surface area contributed by atoms with Crippen LogP contribution in [0.1, 0.15) is 24.6 Å². The van der Waals surface area contributed by atoms with Gasteiger partial charge in [0, 0.05) is 25.2 Å². The lowest BCUT2D eigenvalue weighted by atomic mass is 9.97. The molecule has 0 bridgehead atoms. The topological polar surface area (TPSA) is 98.1 Å². The van der Waals surface area contributed by atoms with Crippen molar-refractivity contribution >= 4 is 28.3 Å². The van der Waals surface area contributed by atoms with Crippen LogP contribution in [0.2, 0.25) is 0 Å². The van der Waals surface area contributed by atoms with Crippen LogP contribution >= 0.6 is 0 Å². The smallest absolute Gasteiger partial charge is 0.166 e. The number of aromatic nitrogens is 6. The molecule has 4 aromatic rings. The minimum absolute atomic E-state index is 0.299. The molecule has 0 saturated carbocycles. The summed E-state index contributed by atoms with van der Waals surface area (Å²) in [5.41, 5.74) is 7.30. The van der Waals surface area contributed by atoms with Crippen molar-refractivity contribution in [3.63, 3.8) is 0 Å². The summed E-state index contributed by atoms with van der Waals surface area (Å²) in [5, 5.41) is 9.67. The molecule has 0 aromatic carbocycles. The third-order valence-corrected chi connectivity index (χ3v) is 4.92. The van der Waals surface area contributed by atoms with E-state index in [-0.39, 0.29) is 0 Å². The Balaban J connectivity index is 1.52. The first-order chi connectivity index (χ1) is 12.8. The Bertz CT molecular complexity index is 1090. The van der Waals surface area contributed by atoms with Crippen LogP contribution in [0, 0.1) is 0 Å². The fraction of sp³-hybridized carbons (Fsp3) is 0.278. The first-order valence-electron chi connectivity index (χ1n) is 8.71. The maximum Gasteiger partial charge on any atom is 0.166 e. The van der Waals surface area contributed by atoms with Gasteiger partial charge in [0.25, 0.3) is 0 Å². The van der Waals surface area contributed by atoms with Gasteiger partial charge in [0.05, 0.1) is 5.39 Å². The van der Waals surface area contributed by atoms with E-state index in [0.717, 1.165) is 48.6 Å². The van der Waals surface area contributed by atoms with Gasteiger partial charge in [-0.2, -0.15) is 0 Å². The maximum atomic E-state index is 5.79. The average molecular weight is 346 g/mol. The number of nitrogens with zero attached hydrogens (tertiary/aromatic N) is 7. The molecule has 2 N–H and O–H groups in total. The van der Waals surface area contributed by atoms with Gasteiger partial charge >= 0.3 is 0 Å². The minimum Gasteiger partial charge on any atom is -0.384 e. The summed E-state index contributed by atoms with van der Waals surface area (Å²) in [6.07, 6.45) is 5.73. The molecule has 0 aliphatic carbocycles. The average Bonchev–Trinajstić information content (AvgIpc) is 3.11. The number of anilines is 2. The van der Waals surface area contributed by atoms with Crippen LogP contribution in [-0.2, 0) is 0 Å². The molecule has 1 unspecified atom stereocenters. The normalized spacial score (nSPS) is 17.8. The van der Waals surface area contributed by atoms with Gasteiger partial charge in [-0.05, 0) is 37.1 Å². The Hall–Kier alpha value is -3.29. The highest BCUT2D eigenvalue weighted by Crippen LogP contribution is 2.31. The monoisotopic (exact) mass is 346 g/mol. The molecule has 1 saturated heterocycles. The fourth-order valence-corrected chi connectivity index (χ4v) is 3.71. The molecule has 1 aliphatic heterocycles. The molecule has 0 radical (unpaired) electrons. The lowest BCUT2D eigenvalue weighted by molar-refractivity contribution is 0.486. The summed E-state index contributed by atoms with van der Waals surface area (Å²) >= 11 is 0.